The maximum absolute atomic E-state index is 13.1. The van der Waals surface area contributed by atoms with Crippen LogP contribution in [0.3, 0.4) is 0 Å². The molecule has 0 fully saturated rings. The van der Waals surface area contributed by atoms with Crippen LogP contribution in [-0.2, 0) is 0 Å². The first-order chi connectivity index (χ1) is 13.1. The second kappa shape index (κ2) is 7.10. The summed E-state index contributed by atoms with van der Waals surface area (Å²) in [5.41, 5.74) is 2.15. The Morgan fingerprint density at radius 2 is 1.85 bits per heavy atom. The van der Waals surface area contributed by atoms with Gasteiger partial charge in [0.1, 0.15) is 17.7 Å². The fraction of sp³-hybridized carbons (Fsp3) is 0.100. The second-order valence-electron chi connectivity index (χ2n) is 5.99. The summed E-state index contributed by atoms with van der Waals surface area (Å²) in [6, 6.07) is 16.2. The number of benzene rings is 2. The number of carbonyl (C=O) groups excluding carboxylic acids is 1. The molecule has 7 heteroatoms. The van der Waals surface area contributed by atoms with Crippen molar-refractivity contribution in [2.24, 2.45) is 0 Å². The monoisotopic (exact) mass is 399 g/mol. The van der Waals surface area contributed by atoms with Gasteiger partial charge >= 0.3 is 0 Å². The van der Waals surface area contributed by atoms with Gasteiger partial charge in [0.05, 0.1) is 17.8 Å². The van der Waals surface area contributed by atoms with E-state index in [9.17, 15) is 4.79 Å². The summed E-state index contributed by atoms with van der Waals surface area (Å²) in [7, 11) is 1.58. The molecule has 1 aromatic heterocycles. The number of nitrogens with one attached hydrogen (secondary N) is 1. The molecule has 0 bridgehead atoms. The molecule has 4 rings (SSSR count). The maximum Gasteiger partial charge on any atom is 0.261 e. The van der Waals surface area contributed by atoms with Crippen LogP contribution in [0.4, 0.5) is 11.5 Å². The highest BCUT2D eigenvalue weighted by Gasteiger charge is 2.38. The molecule has 0 spiro atoms. The Morgan fingerprint density at radius 3 is 2.59 bits per heavy atom. The van der Waals surface area contributed by atoms with Crippen molar-refractivity contribution < 1.29 is 9.53 Å². The summed E-state index contributed by atoms with van der Waals surface area (Å²) in [5.74, 6) is 0.984. The van der Waals surface area contributed by atoms with Gasteiger partial charge in [0.15, 0.2) is 0 Å². The predicted octanol–water partition coefficient (Wildman–Crippen LogP) is 5.17. The van der Waals surface area contributed by atoms with Crippen LogP contribution in [0, 0.1) is 0 Å². The highest BCUT2D eigenvalue weighted by molar-refractivity contribution is 6.31. The summed E-state index contributed by atoms with van der Waals surface area (Å²) in [6.45, 7) is 0. The number of aromatic nitrogens is 1. The van der Waals surface area contributed by atoms with Crippen LogP contribution in [0.5, 0.6) is 5.75 Å². The molecule has 0 unspecified atom stereocenters. The van der Waals surface area contributed by atoms with E-state index in [1.807, 2.05) is 18.2 Å². The third-order valence-corrected chi connectivity index (χ3v) is 4.83. The summed E-state index contributed by atoms with van der Waals surface area (Å²) < 4.78 is 5.42. The van der Waals surface area contributed by atoms with E-state index < -0.39 is 6.17 Å². The van der Waals surface area contributed by atoms with Crippen molar-refractivity contribution in [3.05, 3.63) is 82.0 Å². The van der Waals surface area contributed by atoms with E-state index >= 15 is 0 Å². The topological polar surface area (TPSA) is 54.5 Å². The number of ether oxygens (including phenoxy) is 1. The lowest BCUT2D eigenvalue weighted by Gasteiger charge is -2.27. The van der Waals surface area contributed by atoms with Crippen LogP contribution >= 0.6 is 23.2 Å². The van der Waals surface area contributed by atoms with Crippen molar-refractivity contribution in [2.75, 3.05) is 17.3 Å². The molecule has 0 aliphatic carbocycles. The van der Waals surface area contributed by atoms with Gasteiger partial charge in [-0.05, 0) is 36.4 Å². The molecule has 2 heterocycles. The molecular weight excluding hydrogens is 385 g/mol. The van der Waals surface area contributed by atoms with Crippen molar-refractivity contribution >= 4 is 40.6 Å². The molecule has 1 N–H and O–H groups in total. The molecule has 2 aromatic carbocycles. The fourth-order valence-corrected chi connectivity index (χ4v) is 3.43. The van der Waals surface area contributed by atoms with Crippen LogP contribution in [0.25, 0.3) is 0 Å². The number of methoxy groups -OCH3 is 1. The van der Waals surface area contributed by atoms with Crippen LogP contribution in [0.1, 0.15) is 22.1 Å². The quantitative estimate of drug-likeness (QED) is 0.657. The number of hydrogen-bond acceptors (Lipinski definition) is 4. The van der Waals surface area contributed by atoms with E-state index in [2.05, 4.69) is 10.3 Å². The van der Waals surface area contributed by atoms with Gasteiger partial charge in [-0.2, -0.15) is 0 Å². The number of nitrogens with zero attached hydrogens (tertiary/aromatic N) is 2. The van der Waals surface area contributed by atoms with Crippen LogP contribution in [0.15, 0.2) is 60.8 Å². The average Bonchev–Trinajstić information content (AvgIpc) is 2.95. The van der Waals surface area contributed by atoms with Crippen molar-refractivity contribution in [3.63, 3.8) is 0 Å². The van der Waals surface area contributed by atoms with Gasteiger partial charge in [-0.25, -0.2) is 4.98 Å². The van der Waals surface area contributed by atoms with Crippen molar-refractivity contribution in [3.8, 4) is 5.75 Å². The molecule has 1 aliphatic rings. The first kappa shape index (κ1) is 17.6. The lowest BCUT2D eigenvalue weighted by molar-refractivity contribution is 0.0992. The standard InChI is InChI=1S/C20H15Cl2N3O2/c1-27-17-8-6-12(21)10-16(17)24-19-14-4-2-3-5-15(14)20(26)25(19)18-9-7-13(22)11-23-18/h2-11,19,24H,1H3/t19-/m1/s1. The highest BCUT2D eigenvalue weighted by Crippen LogP contribution is 2.39. The van der Waals surface area contributed by atoms with Crippen LogP contribution < -0.4 is 15.0 Å². The molecule has 27 heavy (non-hydrogen) atoms. The second-order valence-corrected chi connectivity index (χ2v) is 6.86. The van der Waals surface area contributed by atoms with Gasteiger partial charge in [-0.15, -0.1) is 0 Å². The number of pyridine rings is 1. The van der Waals surface area contributed by atoms with E-state index in [1.54, 1.807) is 48.4 Å². The minimum atomic E-state index is -0.463. The first-order valence-electron chi connectivity index (χ1n) is 8.22. The largest absolute Gasteiger partial charge is 0.495 e. The van der Waals surface area contributed by atoms with Crippen molar-refractivity contribution in [1.29, 1.82) is 0 Å². The zero-order valence-corrected chi connectivity index (χ0v) is 15.8. The summed E-state index contributed by atoms with van der Waals surface area (Å²) in [4.78, 5) is 19.0. The summed E-state index contributed by atoms with van der Waals surface area (Å²) >= 11 is 12.1. The fourth-order valence-electron chi connectivity index (χ4n) is 3.15. The lowest BCUT2D eigenvalue weighted by Crippen LogP contribution is -2.33. The molecule has 0 radical (unpaired) electrons. The number of hydrogen-bond donors (Lipinski definition) is 1. The van der Waals surface area contributed by atoms with Gasteiger partial charge in [-0.1, -0.05) is 41.4 Å². The Balaban J connectivity index is 1.80. The summed E-state index contributed by atoms with van der Waals surface area (Å²) in [6.07, 6.45) is 1.05. The molecular formula is C20H15Cl2N3O2. The number of fused-ring (bicyclic) bond motifs is 1. The van der Waals surface area contributed by atoms with Gasteiger partial charge < -0.3 is 10.1 Å². The Hall–Kier alpha value is -2.76. The molecule has 0 saturated heterocycles. The number of anilines is 2. The van der Waals surface area contributed by atoms with Crippen molar-refractivity contribution in [1.82, 2.24) is 4.98 Å². The Bertz CT molecular complexity index is 1010. The summed E-state index contributed by atoms with van der Waals surface area (Å²) in [5, 5.41) is 4.44. The Morgan fingerprint density at radius 1 is 1.07 bits per heavy atom. The first-order valence-corrected chi connectivity index (χ1v) is 8.98. The number of halogens is 2. The molecule has 1 amide bonds. The van der Waals surface area contributed by atoms with E-state index in [0.717, 1.165) is 5.56 Å². The maximum atomic E-state index is 13.1. The van der Waals surface area contributed by atoms with Crippen LogP contribution in [-0.4, -0.2) is 18.0 Å². The smallest absolute Gasteiger partial charge is 0.261 e. The van der Waals surface area contributed by atoms with E-state index in [1.165, 1.54) is 6.20 Å². The number of rotatable bonds is 4. The van der Waals surface area contributed by atoms with Crippen LogP contribution in [0.2, 0.25) is 10.0 Å². The van der Waals surface area contributed by atoms with Crippen molar-refractivity contribution in [2.45, 2.75) is 6.17 Å². The van der Waals surface area contributed by atoms with Gasteiger partial charge in [0, 0.05) is 22.3 Å². The third kappa shape index (κ3) is 3.20. The lowest BCUT2D eigenvalue weighted by atomic mass is 10.1. The van der Waals surface area contributed by atoms with E-state index in [4.69, 9.17) is 27.9 Å². The van der Waals surface area contributed by atoms with Gasteiger partial charge in [0.25, 0.3) is 5.91 Å². The zero-order valence-electron chi connectivity index (χ0n) is 14.3. The molecule has 1 aliphatic heterocycles. The molecule has 1 atom stereocenters. The molecule has 136 valence electrons. The Labute approximate surface area is 166 Å². The average molecular weight is 400 g/mol. The minimum Gasteiger partial charge on any atom is -0.495 e. The molecule has 5 nitrogen and oxygen atoms in total. The number of amides is 1. The van der Waals surface area contributed by atoms with Gasteiger partial charge in [0.2, 0.25) is 0 Å². The normalized spacial score (nSPS) is 15.6. The number of carbonyl (C=O) groups is 1. The highest BCUT2D eigenvalue weighted by atomic mass is 35.5. The minimum absolute atomic E-state index is 0.140. The molecule has 0 saturated carbocycles. The SMILES string of the molecule is COc1ccc(Cl)cc1N[C@H]1c2ccccc2C(=O)N1c1ccc(Cl)cn1. The predicted molar refractivity (Wildman–Crippen MR) is 107 cm³/mol. The van der Waals surface area contributed by atoms with E-state index in [0.29, 0.717) is 32.9 Å². The Kier molecular flexibility index (Phi) is 4.64. The van der Waals surface area contributed by atoms with E-state index in [-0.39, 0.29) is 5.91 Å². The molecule has 3 aromatic rings. The zero-order chi connectivity index (χ0) is 19.0. The third-order valence-electron chi connectivity index (χ3n) is 4.38. The van der Waals surface area contributed by atoms with Gasteiger partial charge in [-0.3, -0.25) is 9.69 Å².